The van der Waals surface area contributed by atoms with Crippen LogP contribution in [0.25, 0.3) is 0 Å². The molecule has 0 bridgehead atoms. The summed E-state index contributed by atoms with van der Waals surface area (Å²) in [6, 6.07) is 4.06. The highest BCUT2D eigenvalue weighted by Crippen LogP contribution is 2.17. The molecule has 24 heavy (non-hydrogen) atoms. The van der Waals surface area contributed by atoms with Gasteiger partial charge in [-0.15, -0.1) is 0 Å². The largest absolute Gasteiger partial charge is 0.353 e. The molecule has 0 aromatic carbocycles. The van der Waals surface area contributed by atoms with Crippen molar-refractivity contribution in [3.63, 3.8) is 0 Å². The van der Waals surface area contributed by atoms with Gasteiger partial charge in [-0.2, -0.15) is 11.3 Å². The van der Waals surface area contributed by atoms with E-state index >= 15 is 0 Å². The molecule has 0 unspecified atom stereocenters. The van der Waals surface area contributed by atoms with Crippen molar-refractivity contribution in [1.82, 2.24) is 20.2 Å². The molecule has 2 aromatic heterocycles. The number of anilines is 1. The van der Waals surface area contributed by atoms with Gasteiger partial charge in [-0.25, -0.2) is 14.8 Å². The zero-order valence-corrected chi connectivity index (χ0v) is 14.9. The topological polar surface area (TPSA) is 61.4 Å². The molecule has 3 heterocycles. The minimum absolute atomic E-state index is 0.0237. The molecule has 1 fully saturated rings. The molecule has 6 nitrogen and oxygen atoms in total. The van der Waals surface area contributed by atoms with E-state index in [9.17, 15) is 4.79 Å². The van der Waals surface area contributed by atoms with Crippen molar-refractivity contribution in [3.8, 4) is 0 Å². The van der Waals surface area contributed by atoms with Crippen LogP contribution in [0.2, 0.25) is 0 Å². The molecule has 1 aliphatic rings. The van der Waals surface area contributed by atoms with Gasteiger partial charge in [0.05, 0.1) is 0 Å². The Balaban J connectivity index is 1.46. The number of carbonyl (C=O) groups is 1. The molecule has 2 aromatic rings. The van der Waals surface area contributed by atoms with Crippen molar-refractivity contribution in [2.75, 3.05) is 37.6 Å². The van der Waals surface area contributed by atoms with Gasteiger partial charge in [0.2, 0.25) is 0 Å². The van der Waals surface area contributed by atoms with Gasteiger partial charge in [0.25, 0.3) is 0 Å². The molecule has 1 atom stereocenters. The lowest BCUT2D eigenvalue weighted by atomic mass is 10.1. The third-order valence-electron chi connectivity index (χ3n) is 4.32. The molecule has 0 radical (unpaired) electrons. The minimum Gasteiger partial charge on any atom is -0.353 e. The molecule has 7 heteroatoms. The first-order valence-electron chi connectivity index (χ1n) is 8.23. The van der Waals surface area contributed by atoms with Crippen LogP contribution in [0.4, 0.5) is 10.6 Å². The Morgan fingerprint density at radius 3 is 2.79 bits per heavy atom. The fourth-order valence-corrected chi connectivity index (χ4v) is 3.57. The molecule has 0 spiro atoms. The zero-order valence-electron chi connectivity index (χ0n) is 14.1. The Morgan fingerprint density at radius 1 is 1.33 bits per heavy atom. The van der Waals surface area contributed by atoms with Gasteiger partial charge < -0.3 is 15.1 Å². The minimum atomic E-state index is 0.0237. The molecule has 0 saturated carbocycles. The van der Waals surface area contributed by atoms with Gasteiger partial charge in [-0.05, 0) is 41.3 Å². The number of nitrogens with one attached hydrogen (secondary N) is 1. The maximum atomic E-state index is 12.3. The van der Waals surface area contributed by atoms with E-state index in [-0.39, 0.29) is 6.03 Å². The second-order valence-corrected chi connectivity index (χ2v) is 6.86. The van der Waals surface area contributed by atoms with Crippen molar-refractivity contribution in [1.29, 1.82) is 0 Å². The average Bonchev–Trinajstić information content (AvgIpc) is 3.14. The van der Waals surface area contributed by atoms with E-state index in [0.717, 1.165) is 24.7 Å². The summed E-state index contributed by atoms with van der Waals surface area (Å²) < 4.78 is 0. The number of aromatic nitrogens is 2. The van der Waals surface area contributed by atoms with Crippen LogP contribution in [0.15, 0.2) is 29.1 Å². The molecule has 128 valence electrons. The number of carbonyl (C=O) groups excluding carboxylic acids is 1. The van der Waals surface area contributed by atoms with Crippen molar-refractivity contribution in [2.45, 2.75) is 19.8 Å². The van der Waals surface area contributed by atoms with Crippen LogP contribution >= 0.6 is 11.3 Å². The van der Waals surface area contributed by atoms with E-state index in [1.807, 2.05) is 17.9 Å². The quantitative estimate of drug-likeness (QED) is 0.925. The van der Waals surface area contributed by atoms with Crippen molar-refractivity contribution >= 4 is 23.2 Å². The highest BCUT2D eigenvalue weighted by Gasteiger charge is 2.22. The average molecular weight is 345 g/mol. The molecule has 2 amide bonds. The zero-order chi connectivity index (χ0) is 16.9. The van der Waals surface area contributed by atoms with E-state index in [1.165, 1.54) is 5.56 Å². The summed E-state index contributed by atoms with van der Waals surface area (Å²) in [5.74, 6) is 2.05. The summed E-state index contributed by atoms with van der Waals surface area (Å²) in [4.78, 5) is 25.0. The van der Waals surface area contributed by atoms with E-state index in [4.69, 9.17) is 0 Å². The number of aryl methyl sites for hydroxylation is 1. The molecule has 1 saturated heterocycles. The Bertz CT molecular complexity index is 667. The number of piperazine rings is 1. The summed E-state index contributed by atoms with van der Waals surface area (Å²) >= 11 is 1.69. The Labute approximate surface area is 146 Å². The maximum absolute atomic E-state index is 12.3. The lowest BCUT2D eigenvalue weighted by Gasteiger charge is -2.35. The summed E-state index contributed by atoms with van der Waals surface area (Å²) in [6.45, 7) is 7.71. The van der Waals surface area contributed by atoms with E-state index < -0.39 is 0 Å². The smallest absolute Gasteiger partial charge is 0.317 e. The lowest BCUT2D eigenvalue weighted by molar-refractivity contribution is 0.193. The van der Waals surface area contributed by atoms with Crippen molar-refractivity contribution in [2.24, 2.45) is 0 Å². The fraction of sp³-hybridized carbons (Fsp3) is 0.471. The number of hydrogen-bond acceptors (Lipinski definition) is 5. The normalized spacial score (nSPS) is 16.1. The monoisotopic (exact) mass is 345 g/mol. The SMILES string of the molecule is Cc1nccc(N2CCN(C(=O)NC[C@H](C)c3ccsc3)CC2)n1. The van der Waals surface area contributed by atoms with Crippen LogP contribution in [-0.2, 0) is 0 Å². The summed E-state index contributed by atoms with van der Waals surface area (Å²) in [7, 11) is 0. The first-order valence-corrected chi connectivity index (χ1v) is 9.17. The van der Waals surface area contributed by atoms with Crippen molar-refractivity contribution in [3.05, 3.63) is 40.5 Å². The van der Waals surface area contributed by atoms with Gasteiger partial charge in [-0.3, -0.25) is 0 Å². The van der Waals surface area contributed by atoms with E-state index in [2.05, 4.69) is 43.9 Å². The predicted octanol–water partition coefficient (Wildman–Crippen LogP) is 2.48. The van der Waals surface area contributed by atoms with Gasteiger partial charge in [0.1, 0.15) is 11.6 Å². The summed E-state index contributed by atoms with van der Waals surface area (Å²) in [5.41, 5.74) is 1.28. The molecule has 0 aliphatic carbocycles. The highest BCUT2D eigenvalue weighted by atomic mass is 32.1. The van der Waals surface area contributed by atoms with E-state index in [1.54, 1.807) is 17.5 Å². The number of hydrogen-bond donors (Lipinski definition) is 1. The third-order valence-corrected chi connectivity index (χ3v) is 5.03. The van der Waals surface area contributed by atoms with Crippen LogP contribution in [0.3, 0.4) is 0 Å². The van der Waals surface area contributed by atoms with Crippen molar-refractivity contribution < 1.29 is 4.79 Å². The molecular weight excluding hydrogens is 322 g/mol. The second-order valence-electron chi connectivity index (χ2n) is 6.08. The Kier molecular flexibility index (Phi) is 5.30. The number of nitrogens with zero attached hydrogens (tertiary/aromatic N) is 4. The van der Waals surface area contributed by atoms with Gasteiger partial charge in [-0.1, -0.05) is 6.92 Å². The number of thiophene rings is 1. The number of rotatable bonds is 4. The Morgan fingerprint density at radius 2 is 2.12 bits per heavy atom. The highest BCUT2D eigenvalue weighted by molar-refractivity contribution is 7.07. The summed E-state index contributed by atoms with van der Waals surface area (Å²) in [5, 5.41) is 7.26. The van der Waals surface area contributed by atoms with Crippen LogP contribution in [0.5, 0.6) is 0 Å². The van der Waals surface area contributed by atoms with Gasteiger partial charge in [0.15, 0.2) is 0 Å². The third kappa shape index (κ3) is 4.03. The first-order chi connectivity index (χ1) is 11.6. The van der Waals surface area contributed by atoms with Crippen LogP contribution < -0.4 is 10.2 Å². The second kappa shape index (κ2) is 7.61. The predicted molar refractivity (Wildman–Crippen MR) is 96.7 cm³/mol. The first kappa shape index (κ1) is 16.7. The maximum Gasteiger partial charge on any atom is 0.317 e. The van der Waals surface area contributed by atoms with Crippen LogP contribution in [0.1, 0.15) is 24.2 Å². The number of urea groups is 1. The Hall–Kier alpha value is -2.15. The van der Waals surface area contributed by atoms with Gasteiger partial charge in [0, 0.05) is 38.9 Å². The number of amides is 2. The lowest BCUT2D eigenvalue weighted by Crippen LogP contribution is -2.52. The van der Waals surface area contributed by atoms with E-state index in [0.29, 0.717) is 25.6 Å². The summed E-state index contributed by atoms with van der Waals surface area (Å²) in [6.07, 6.45) is 1.78. The van der Waals surface area contributed by atoms with Crippen LogP contribution in [0, 0.1) is 6.92 Å². The molecule has 3 rings (SSSR count). The standard InChI is InChI=1S/C17H23N5OS/c1-13(15-4-10-24-12-15)11-19-17(23)22-8-6-21(7-9-22)16-3-5-18-14(2)20-16/h3-5,10,12-13H,6-9,11H2,1-2H3,(H,19,23)/t13-/m0/s1. The molecular formula is C17H23N5OS. The van der Waals surface area contributed by atoms with Crippen LogP contribution in [-0.4, -0.2) is 53.6 Å². The fourth-order valence-electron chi connectivity index (χ4n) is 2.78. The van der Waals surface area contributed by atoms with Gasteiger partial charge >= 0.3 is 6.03 Å². The molecule has 1 N–H and O–H groups in total. The molecule has 1 aliphatic heterocycles.